The molecule has 2 N–H and O–H groups in total. The summed E-state index contributed by atoms with van der Waals surface area (Å²) in [7, 11) is 0. The van der Waals surface area contributed by atoms with Crippen molar-refractivity contribution in [2.75, 3.05) is 32.7 Å². The molecule has 3 nitrogen and oxygen atoms in total. The maximum absolute atomic E-state index is 12.3. The van der Waals surface area contributed by atoms with Gasteiger partial charge in [0.1, 0.15) is 0 Å². The molecule has 1 saturated carbocycles. The highest BCUT2D eigenvalue weighted by Crippen LogP contribution is 2.47. The van der Waals surface area contributed by atoms with Crippen LogP contribution in [0.1, 0.15) is 63.4 Å². The van der Waals surface area contributed by atoms with Gasteiger partial charge in [0.15, 0.2) is 0 Å². The zero-order valence-electron chi connectivity index (χ0n) is 18.9. The smallest absolute Gasteiger partial charge is 0.0756 e. The van der Waals surface area contributed by atoms with Gasteiger partial charge in [0.05, 0.1) is 5.60 Å². The normalized spacial score (nSPS) is 25.4. The van der Waals surface area contributed by atoms with Gasteiger partial charge < -0.3 is 15.3 Å². The highest BCUT2D eigenvalue weighted by Gasteiger charge is 2.46. The first-order valence-corrected chi connectivity index (χ1v) is 11.9. The van der Waals surface area contributed by atoms with Crippen LogP contribution in [0, 0.1) is 5.92 Å². The summed E-state index contributed by atoms with van der Waals surface area (Å²) < 4.78 is 0. The first-order valence-electron chi connectivity index (χ1n) is 11.9. The lowest BCUT2D eigenvalue weighted by atomic mass is 9.64. The Bertz CT molecular complexity index is 791. The minimum Gasteiger partial charge on any atom is -0.389 e. The molecular formula is C26H40Cl2N2O. The molecule has 1 saturated heterocycles. The average molecular weight is 468 g/mol. The first-order chi connectivity index (χ1) is 14.2. The van der Waals surface area contributed by atoms with Crippen LogP contribution >= 0.6 is 24.8 Å². The van der Waals surface area contributed by atoms with Gasteiger partial charge in [0.25, 0.3) is 0 Å². The number of hydrogen-bond donors (Lipinski definition) is 2. The molecule has 0 amide bonds. The van der Waals surface area contributed by atoms with Gasteiger partial charge >= 0.3 is 0 Å². The van der Waals surface area contributed by atoms with E-state index in [1.807, 2.05) is 0 Å². The second-order valence-electron chi connectivity index (χ2n) is 9.25. The molecule has 0 spiro atoms. The van der Waals surface area contributed by atoms with E-state index in [0.717, 1.165) is 52.0 Å². The largest absolute Gasteiger partial charge is 0.389 e. The monoisotopic (exact) mass is 466 g/mol. The Hall–Kier alpha value is -0.840. The standard InChI is InChI=1S/C26H38N2O.2ClH/c1-2-3-11-22-12-6-7-15-26(22,29)25(20-28-18-16-27-17-19-28)24-14-8-10-21-9-4-5-13-23(21)24;;/h4-5,8-10,13-14,22,25,27,29H,2-3,6-7,11-12,15-20H2,1H3;2*1H. The topological polar surface area (TPSA) is 35.5 Å². The molecule has 1 heterocycles. The predicted octanol–water partition coefficient (Wildman–Crippen LogP) is 5.78. The van der Waals surface area contributed by atoms with Crippen molar-refractivity contribution in [2.45, 2.75) is 63.4 Å². The van der Waals surface area contributed by atoms with E-state index in [0.29, 0.717) is 5.92 Å². The molecule has 3 atom stereocenters. The van der Waals surface area contributed by atoms with Crippen LogP contribution in [0.3, 0.4) is 0 Å². The van der Waals surface area contributed by atoms with Crippen molar-refractivity contribution in [3.63, 3.8) is 0 Å². The molecule has 0 bridgehead atoms. The van der Waals surface area contributed by atoms with E-state index in [1.54, 1.807) is 0 Å². The van der Waals surface area contributed by atoms with E-state index in [1.165, 1.54) is 42.0 Å². The molecule has 1 aliphatic heterocycles. The second kappa shape index (κ2) is 12.4. The lowest BCUT2D eigenvalue weighted by molar-refractivity contribution is -0.0806. The molecule has 2 aromatic rings. The highest BCUT2D eigenvalue weighted by atomic mass is 35.5. The van der Waals surface area contributed by atoms with Crippen LogP contribution in [0.15, 0.2) is 42.5 Å². The molecule has 1 aliphatic carbocycles. The number of rotatable bonds is 7. The molecule has 4 rings (SSSR count). The van der Waals surface area contributed by atoms with Gasteiger partial charge in [-0.2, -0.15) is 0 Å². The van der Waals surface area contributed by atoms with E-state index in [2.05, 4.69) is 59.6 Å². The third-order valence-electron chi connectivity index (χ3n) is 7.45. The van der Waals surface area contributed by atoms with Crippen LogP contribution in [-0.4, -0.2) is 48.3 Å². The number of fused-ring (bicyclic) bond motifs is 1. The van der Waals surface area contributed by atoms with E-state index in [-0.39, 0.29) is 30.7 Å². The zero-order chi connectivity index (χ0) is 20.1. The summed E-state index contributed by atoms with van der Waals surface area (Å²) in [6, 6.07) is 15.4. The molecule has 0 radical (unpaired) electrons. The summed E-state index contributed by atoms with van der Waals surface area (Å²) in [5.41, 5.74) is 0.759. The van der Waals surface area contributed by atoms with Crippen LogP contribution in [0.5, 0.6) is 0 Å². The van der Waals surface area contributed by atoms with Gasteiger partial charge in [0.2, 0.25) is 0 Å². The number of piperazine rings is 1. The molecular weight excluding hydrogens is 427 g/mol. The molecule has 31 heavy (non-hydrogen) atoms. The van der Waals surface area contributed by atoms with Gasteiger partial charge in [-0.3, -0.25) is 0 Å². The Morgan fingerprint density at radius 2 is 1.81 bits per heavy atom. The predicted molar refractivity (Wildman–Crippen MR) is 137 cm³/mol. The third-order valence-corrected chi connectivity index (χ3v) is 7.45. The van der Waals surface area contributed by atoms with Crippen LogP contribution < -0.4 is 5.32 Å². The summed E-state index contributed by atoms with van der Waals surface area (Å²) in [5, 5.41) is 18.4. The van der Waals surface area contributed by atoms with Crippen LogP contribution in [0.4, 0.5) is 0 Å². The van der Waals surface area contributed by atoms with Crippen molar-refractivity contribution >= 4 is 35.6 Å². The Morgan fingerprint density at radius 3 is 2.58 bits per heavy atom. The van der Waals surface area contributed by atoms with Gasteiger partial charge in [-0.1, -0.05) is 75.1 Å². The van der Waals surface area contributed by atoms with Crippen molar-refractivity contribution in [1.82, 2.24) is 10.2 Å². The summed E-state index contributed by atoms with van der Waals surface area (Å²) in [6.45, 7) is 7.51. The zero-order valence-corrected chi connectivity index (χ0v) is 20.5. The fourth-order valence-corrected chi connectivity index (χ4v) is 5.79. The second-order valence-corrected chi connectivity index (χ2v) is 9.25. The van der Waals surface area contributed by atoms with Crippen LogP contribution in [0.2, 0.25) is 0 Å². The minimum atomic E-state index is -0.595. The molecule has 2 aromatic carbocycles. The SMILES string of the molecule is CCCCC1CCCCC1(O)C(CN1CCNCC1)c1cccc2ccccc12.Cl.Cl. The molecule has 2 fully saturated rings. The number of hydrogen-bond acceptors (Lipinski definition) is 3. The van der Waals surface area contributed by atoms with E-state index in [4.69, 9.17) is 0 Å². The van der Waals surface area contributed by atoms with Gasteiger partial charge in [-0.25, -0.2) is 0 Å². The quantitative estimate of drug-likeness (QED) is 0.542. The molecule has 3 unspecified atom stereocenters. The van der Waals surface area contributed by atoms with E-state index >= 15 is 0 Å². The van der Waals surface area contributed by atoms with Gasteiger partial charge in [0, 0.05) is 38.6 Å². The van der Waals surface area contributed by atoms with E-state index < -0.39 is 5.60 Å². The van der Waals surface area contributed by atoms with Gasteiger partial charge in [-0.15, -0.1) is 24.8 Å². The highest BCUT2D eigenvalue weighted by molar-refractivity contribution is 5.86. The minimum absolute atomic E-state index is 0. The van der Waals surface area contributed by atoms with Crippen LogP contribution in [0.25, 0.3) is 10.8 Å². The summed E-state index contributed by atoms with van der Waals surface area (Å²) in [6.07, 6.45) is 8.15. The fourth-order valence-electron chi connectivity index (χ4n) is 5.79. The van der Waals surface area contributed by atoms with Crippen LogP contribution in [-0.2, 0) is 0 Å². The Balaban J connectivity index is 0.00000171. The fraction of sp³-hybridized carbons (Fsp3) is 0.615. The summed E-state index contributed by atoms with van der Waals surface area (Å²) >= 11 is 0. The maximum Gasteiger partial charge on any atom is 0.0756 e. The lowest BCUT2D eigenvalue weighted by Crippen LogP contribution is -2.52. The van der Waals surface area contributed by atoms with Gasteiger partial charge in [-0.05, 0) is 41.5 Å². The molecule has 2 aliphatic rings. The van der Waals surface area contributed by atoms with Crippen molar-refractivity contribution < 1.29 is 5.11 Å². The maximum atomic E-state index is 12.3. The van der Waals surface area contributed by atoms with Crippen molar-refractivity contribution in [1.29, 1.82) is 0 Å². The van der Waals surface area contributed by atoms with Crippen molar-refractivity contribution in [2.24, 2.45) is 5.92 Å². The first kappa shape index (κ1) is 26.4. The molecule has 5 heteroatoms. The number of aliphatic hydroxyl groups is 1. The number of unbranched alkanes of at least 4 members (excludes halogenated alkanes) is 1. The van der Waals surface area contributed by atoms with Crippen molar-refractivity contribution in [3.05, 3.63) is 48.0 Å². The number of nitrogens with one attached hydrogen (secondary N) is 1. The lowest BCUT2D eigenvalue weighted by Gasteiger charge is -2.48. The molecule has 174 valence electrons. The Morgan fingerprint density at radius 1 is 1.06 bits per heavy atom. The third kappa shape index (κ3) is 5.94. The summed E-state index contributed by atoms with van der Waals surface area (Å²) in [5.74, 6) is 0.594. The number of benzene rings is 2. The average Bonchev–Trinajstić information content (AvgIpc) is 2.77. The summed E-state index contributed by atoms with van der Waals surface area (Å²) in [4.78, 5) is 2.58. The number of nitrogens with zero attached hydrogens (tertiary/aromatic N) is 1. The Kier molecular flexibility index (Phi) is 10.6. The number of halogens is 2. The van der Waals surface area contributed by atoms with Crippen molar-refractivity contribution in [3.8, 4) is 0 Å². The van der Waals surface area contributed by atoms with E-state index in [9.17, 15) is 5.11 Å². The molecule has 0 aromatic heterocycles. The Labute approximate surface area is 200 Å².